The lowest BCUT2D eigenvalue weighted by Gasteiger charge is -2.48. The van der Waals surface area contributed by atoms with Gasteiger partial charge in [-0.2, -0.15) is 0 Å². The van der Waals surface area contributed by atoms with Gasteiger partial charge < -0.3 is 88.1 Å². The van der Waals surface area contributed by atoms with Crippen molar-refractivity contribution >= 4 is 11.7 Å². The number of aliphatic hydroxyl groups excluding tert-OH is 7. The zero-order chi connectivity index (χ0) is 35.2. The molecule has 0 bridgehead atoms. The minimum Gasteiger partial charge on any atom is -0.394 e. The van der Waals surface area contributed by atoms with Gasteiger partial charge in [-0.3, -0.25) is 9.98 Å². The zero-order valence-corrected chi connectivity index (χ0v) is 26.4. The maximum absolute atomic E-state index is 12.8. The number of nitrogens with one attached hydrogen (secondary N) is 1. The highest BCUT2D eigenvalue weighted by atomic mass is 19.1. The number of nitrogens with zero attached hydrogens (tertiary/aromatic N) is 2. The monoisotopic (exact) mass is 685 g/mol. The summed E-state index contributed by atoms with van der Waals surface area (Å²) in [7, 11) is 1.52. The molecule has 0 spiro atoms. The molecule has 4 unspecified atom stereocenters. The fraction of sp³-hybridized carbons (Fsp3) is 0.926. The Morgan fingerprint density at radius 2 is 1.68 bits per heavy atom. The number of rotatable bonds is 14. The first-order valence-corrected chi connectivity index (χ1v) is 15.4. The molecule has 2 saturated heterocycles. The molecule has 0 aromatic heterocycles. The molecule has 19 nitrogen and oxygen atoms in total. The van der Waals surface area contributed by atoms with Crippen LogP contribution in [0, 0.1) is 0 Å². The molecule has 1 saturated carbocycles. The van der Waals surface area contributed by atoms with E-state index in [2.05, 4.69) is 15.3 Å². The average molecular weight is 686 g/mol. The van der Waals surface area contributed by atoms with Crippen LogP contribution in [0.3, 0.4) is 0 Å². The molecule has 47 heavy (non-hydrogen) atoms. The minimum absolute atomic E-state index is 0.0505. The molecule has 3 aliphatic rings. The number of aliphatic hydroxyl groups is 8. The van der Waals surface area contributed by atoms with Gasteiger partial charge in [-0.15, -0.1) is 0 Å². The molecule has 0 radical (unpaired) electrons. The third-order valence-electron chi connectivity index (χ3n) is 8.72. The summed E-state index contributed by atoms with van der Waals surface area (Å²) in [5.41, 5.74) is 22.6. The summed E-state index contributed by atoms with van der Waals surface area (Å²) < 4.78 is 36.4. The highest BCUT2D eigenvalue weighted by Gasteiger charge is 2.52. The van der Waals surface area contributed by atoms with Gasteiger partial charge in [0, 0.05) is 6.04 Å². The van der Waals surface area contributed by atoms with E-state index in [-0.39, 0.29) is 25.4 Å². The second-order valence-corrected chi connectivity index (χ2v) is 12.5. The fourth-order valence-corrected chi connectivity index (χ4v) is 5.94. The fourth-order valence-electron chi connectivity index (χ4n) is 5.94. The molecule has 0 aromatic carbocycles. The van der Waals surface area contributed by atoms with Crippen LogP contribution in [-0.2, 0) is 18.9 Å². The number of hydrogen-bond acceptors (Lipinski definition) is 17. The van der Waals surface area contributed by atoms with E-state index in [1.165, 1.54) is 14.0 Å². The van der Waals surface area contributed by atoms with Gasteiger partial charge in [0.25, 0.3) is 0 Å². The molecule has 274 valence electrons. The molecule has 2 aliphatic heterocycles. The summed E-state index contributed by atoms with van der Waals surface area (Å²) in [6.07, 6.45) is -15.8. The largest absolute Gasteiger partial charge is 0.394 e. The van der Waals surface area contributed by atoms with Crippen molar-refractivity contribution in [3.8, 4) is 0 Å². The van der Waals surface area contributed by atoms with E-state index >= 15 is 0 Å². The molecule has 3 fully saturated rings. The third kappa shape index (κ3) is 9.71. The minimum atomic E-state index is -2.07. The van der Waals surface area contributed by atoms with Gasteiger partial charge in [-0.1, -0.05) is 0 Å². The summed E-state index contributed by atoms with van der Waals surface area (Å²) in [5, 5.41) is 85.8. The quantitative estimate of drug-likeness (QED) is 0.0596. The molecular formula is C27H52FN7O12. The molecule has 17 N–H and O–H groups in total. The third-order valence-corrected chi connectivity index (χ3v) is 8.72. The lowest BCUT2D eigenvalue weighted by molar-refractivity contribution is -0.306. The Morgan fingerprint density at radius 3 is 2.30 bits per heavy atom. The topological polar surface area (TPSA) is 340 Å². The maximum atomic E-state index is 12.8. The van der Waals surface area contributed by atoms with E-state index in [1.807, 2.05) is 0 Å². The van der Waals surface area contributed by atoms with Crippen LogP contribution >= 0.6 is 0 Å². The second kappa shape index (κ2) is 17.3. The highest BCUT2D eigenvalue weighted by Crippen LogP contribution is 2.33. The molecule has 3 rings (SSSR count). The molecule has 20 heteroatoms. The number of ether oxygens (including phenoxy) is 4. The molecular weight excluding hydrogens is 633 g/mol. The average Bonchev–Trinajstić information content (AvgIpc) is 3.04. The maximum Gasteiger partial charge on any atom is 0.185 e. The number of hydrogen-bond donors (Lipinski definition) is 13. The van der Waals surface area contributed by atoms with Crippen LogP contribution < -0.4 is 28.3 Å². The number of amidine groups is 2. The van der Waals surface area contributed by atoms with Crippen LogP contribution in [0.2, 0.25) is 0 Å². The van der Waals surface area contributed by atoms with Gasteiger partial charge in [0.15, 0.2) is 12.6 Å². The van der Waals surface area contributed by atoms with Crippen molar-refractivity contribution in [1.82, 2.24) is 5.32 Å². The van der Waals surface area contributed by atoms with Gasteiger partial charge in [-0.25, -0.2) is 4.39 Å². The van der Waals surface area contributed by atoms with Crippen molar-refractivity contribution in [3.05, 3.63) is 0 Å². The summed E-state index contributed by atoms with van der Waals surface area (Å²) >= 11 is 0. The standard InChI is InChI=1S/C27H52FN7O12/c1-27(43)9-44-26(20(42)23(27)33-2)47-22-13(35-24(32)18(40)17(39)16(38)14(37)8-36)5-12(30)21(19(22)41)46-25-11(29)4-3-10(45-25)7-34-15(31)6-28/h10-14,16-23,25-26,33,36-43H,3-9,29-30H2,1-2H3,(H2,31,34)(H2,32,35)/t10-,11+,12-,13+,14?,16?,17?,18?,19-,20+,21+,22-,23+,25+,26+,27-/m0/s1. The summed E-state index contributed by atoms with van der Waals surface area (Å²) in [4.78, 5) is 8.15. The number of halogens is 1. The van der Waals surface area contributed by atoms with E-state index in [0.29, 0.717) is 12.8 Å². The number of likely N-dealkylation sites (N-methyl/N-ethyl adjacent to an activating group) is 1. The predicted molar refractivity (Wildman–Crippen MR) is 162 cm³/mol. The predicted octanol–water partition coefficient (Wildman–Crippen LogP) is -6.77. The van der Waals surface area contributed by atoms with E-state index in [9.17, 15) is 40.1 Å². The van der Waals surface area contributed by atoms with Gasteiger partial charge in [0.2, 0.25) is 0 Å². The molecule has 1 aliphatic carbocycles. The highest BCUT2D eigenvalue weighted by molar-refractivity contribution is 5.85. The smallest absolute Gasteiger partial charge is 0.185 e. The Labute approximate surface area is 271 Å². The van der Waals surface area contributed by atoms with Crippen molar-refractivity contribution < 1.29 is 64.2 Å². The van der Waals surface area contributed by atoms with Crippen LogP contribution in [0.4, 0.5) is 4.39 Å². The van der Waals surface area contributed by atoms with Crippen LogP contribution in [-0.4, -0.2) is 183 Å². The van der Waals surface area contributed by atoms with E-state index < -0.39 is 116 Å². The van der Waals surface area contributed by atoms with E-state index in [1.54, 1.807) is 0 Å². The Morgan fingerprint density at radius 1 is 1.02 bits per heavy atom. The van der Waals surface area contributed by atoms with E-state index in [4.69, 9.17) is 47.0 Å². The second-order valence-electron chi connectivity index (χ2n) is 12.5. The van der Waals surface area contributed by atoms with Crippen molar-refractivity contribution in [2.45, 2.75) is 123 Å². The summed E-state index contributed by atoms with van der Waals surface area (Å²) in [6, 6.07) is -3.70. The first kappa shape index (κ1) is 39.7. The lowest BCUT2D eigenvalue weighted by Crippen LogP contribution is -2.67. The van der Waals surface area contributed by atoms with Crippen molar-refractivity contribution in [2.24, 2.45) is 32.9 Å². The molecule has 16 atom stereocenters. The summed E-state index contributed by atoms with van der Waals surface area (Å²) in [6.45, 7) is -0.600. The molecule has 0 aromatic rings. The SMILES string of the molecule is CN[C@@H]1[C@@H](O)[C@@H](O[C@@H]2[C@@H](O)[C@H](O[C@H]3O[C@H](CN=C(N)CF)CC[C@H]3N)[C@@H](N)C[C@H]2N=C(N)C(O)C(O)C(O)C(O)CO)OC[C@]1(C)O. The van der Waals surface area contributed by atoms with Crippen LogP contribution in [0.25, 0.3) is 0 Å². The Bertz CT molecular complexity index is 1050. The number of alkyl halides is 1. The van der Waals surface area contributed by atoms with Crippen molar-refractivity contribution in [3.63, 3.8) is 0 Å². The Hall–Kier alpha value is -1.73. The van der Waals surface area contributed by atoms with Crippen LogP contribution in [0.1, 0.15) is 26.2 Å². The number of aliphatic imine (C=N–C) groups is 2. The summed E-state index contributed by atoms with van der Waals surface area (Å²) in [5.74, 6) is -0.823. The lowest BCUT2D eigenvalue weighted by atomic mass is 9.83. The van der Waals surface area contributed by atoms with Gasteiger partial charge in [-0.05, 0) is 33.2 Å². The van der Waals surface area contributed by atoms with Gasteiger partial charge >= 0.3 is 0 Å². The molecule has 0 amide bonds. The van der Waals surface area contributed by atoms with Crippen molar-refractivity contribution in [2.75, 3.05) is 33.5 Å². The van der Waals surface area contributed by atoms with Crippen LogP contribution in [0.15, 0.2) is 9.98 Å². The Balaban J connectivity index is 1.88. The Kier molecular flexibility index (Phi) is 14.6. The van der Waals surface area contributed by atoms with Gasteiger partial charge in [0.1, 0.15) is 72.8 Å². The van der Waals surface area contributed by atoms with Gasteiger partial charge in [0.05, 0.1) is 44.0 Å². The molecule has 2 heterocycles. The van der Waals surface area contributed by atoms with Crippen molar-refractivity contribution in [1.29, 1.82) is 0 Å². The first-order valence-electron chi connectivity index (χ1n) is 15.4. The number of nitrogens with two attached hydrogens (primary N) is 4. The normalized spacial score (nSPS) is 41.7. The van der Waals surface area contributed by atoms with E-state index in [0.717, 1.165) is 0 Å². The van der Waals surface area contributed by atoms with Crippen LogP contribution in [0.5, 0.6) is 0 Å². The zero-order valence-electron chi connectivity index (χ0n) is 26.4. The first-order chi connectivity index (χ1) is 22.1.